The fourth-order valence-corrected chi connectivity index (χ4v) is 2.58. The van der Waals surface area contributed by atoms with Crippen molar-refractivity contribution in [3.8, 4) is 0 Å². The van der Waals surface area contributed by atoms with Gasteiger partial charge >= 0.3 is 0 Å². The van der Waals surface area contributed by atoms with Gasteiger partial charge in [0.05, 0.1) is 0 Å². The lowest BCUT2D eigenvalue weighted by Gasteiger charge is -2.15. The van der Waals surface area contributed by atoms with Gasteiger partial charge in [0.25, 0.3) is 5.91 Å². The third kappa shape index (κ3) is 2.96. The van der Waals surface area contributed by atoms with Crippen LogP contribution in [-0.4, -0.2) is 37.0 Å². The van der Waals surface area contributed by atoms with Gasteiger partial charge in [-0.3, -0.25) is 4.79 Å². The Hall–Kier alpha value is -1.39. The standard InChI is InChI=1S/C15H21N3O/c1-18(14-4-5-14)7-6-17-15(19)11-2-3-12-9-16-10-13(12)8-11/h2-3,8,14,16H,4-7,9-10H2,1H3,(H,17,19). The average molecular weight is 259 g/mol. The van der Waals surface area contributed by atoms with Crippen molar-refractivity contribution in [2.45, 2.75) is 32.0 Å². The zero-order valence-electron chi connectivity index (χ0n) is 11.4. The van der Waals surface area contributed by atoms with Crippen LogP contribution in [0.3, 0.4) is 0 Å². The highest BCUT2D eigenvalue weighted by molar-refractivity contribution is 5.94. The van der Waals surface area contributed by atoms with Crippen LogP contribution in [0, 0.1) is 0 Å². The maximum absolute atomic E-state index is 12.1. The molecule has 1 aromatic carbocycles. The first kappa shape index (κ1) is 12.6. The van der Waals surface area contributed by atoms with Gasteiger partial charge in [0.2, 0.25) is 0 Å². The predicted molar refractivity (Wildman–Crippen MR) is 75.0 cm³/mol. The number of amides is 1. The van der Waals surface area contributed by atoms with E-state index in [-0.39, 0.29) is 5.91 Å². The highest BCUT2D eigenvalue weighted by atomic mass is 16.1. The van der Waals surface area contributed by atoms with E-state index in [1.54, 1.807) is 0 Å². The molecule has 1 aromatic rings. The first-order chi connectivity index (χ1) is 9.24. The van der Waals surface area contributed by atoms with E-state index in [9.17, 15) is 4.79 Å². The molecule has 4 heteroatoms. The molecule has 0 radical (unpaired) electrons. The van der Waals surface area contributed by atoms with Gasteiger partial charge in [-0.1, -0.05) is 6.07 Å². The maximum Gasteiger partial charge on any atom is 0.251 e. The quantitative estimate of drug-likeness (QED) is 0.832. The zero-order valence-corrected chi connectivity index (χ0v) is 11.4. The first-order valence-corrected chi connectivity index (χ1v) is 7.05. The normalized spacial score (nSPS) is 17.6. The van der Waals surface area contributed by atoms with E-state index in [0.29, 0.717) is 0 Å². The smallest absolute Gasteiger partial charge is 0.251 e. The van der Waals surface area contributed by atoms with Crippen molar-refractivity contribution in [1.82, 2.24) is 15.5 Å². The second kappa shape index (κ2) is 5.31. The molecule has 3 rings (SSSR count). The van der Waals surface area contributed by atoms with Crippen molar-refractivity contribution in [1.29, 1.82) is 0 Å². The van der Waals surface area contributed by atoms with Crippen molar-refractivity contribution in [2.75, 3.05) is 20.1 Å². The molecular formula is C15H21N3O. The number of nitrogens with zero attached hydrogens (tertiary/aromatic N) is 1. The number of carbonyl (C=O) groups excluding carboxylic acids is 1. The van der Waals surface area contributed by atoms with Crippen LogP contribution >= 0.6 is 0 Å². The molecule has 1 aliphatic heterocycles. The van der Waals surface area contributed by atoms with E-state index < -0.39 is 0 Å². The van der Waals surface area contributed by atoms with E-state index in [0.717, 1.165) is 37.8 Å². The fraction of sp³-hybridized carbons (Fsp3) is 0.533. The Kier molecular flexibility index (Phi) is 3.53. The molecular weight excluding hydrogens is 238 g/mol. The lowest BCUT2D eigenvalue weighted by atomic mass is 10.1. The van der Waals surface area contributed by atoms with Gasteiger partial charge in [0, 0.05) is 37.8 Å². The number of benzene rings is 1. The van der Waals surface area contributed by atoms with Crippen molar-refractivity contribution < 1.29 is 4.79 Å². The number of fused-ring (bicyclic) bond motifs is 1. The highest BCUT2D eigenvalue weighted by Gasteiger charge is 2.25. The monoisotopic (exact) mass is 259 g/mol. The van der Waals surface area contributed by atoms with Crippen molar-refractivity contribution in [3.05, 3.63) is 34.9 Å². The Morgan fingerprint density at radius 1 is 1.37 bits per heavy atom. The summed E-state index contributed by atoms with van der Waals surface area (Å²) >= 11 is 0. The van der Waals surface area contributed by atoms with Gasteiger partial charge in [-0.25, -0.2) is 0 Å². The summed E-state index contributed by atoms with van der Waals surface area (Å²) in [5, 5.41) is 6.30. The van der Waals surface area contributed by atoms with E-state index in [4.69, 9.17) is 0 Å². The summed E-state index contributed by atoms with van der Waals surface area (Å²) < 4.78 is 0. The first-order valence-electron chi connectivity index (χ1n) is 7.05. The summed E-state index contributed by atoms with van der Waals surface area (Å²) in [6.07, 6.45) is 2.62. The average Bonchev–Trinajstić information content (AvgIpc) is 3.16. The van der Waals surface area contributed by atoms with Gasteiger partial charge in [0.1, 0.15) is 0 Å². The third-order valence-electron chi connectivity index (χ3n) is 4.02. The molecule has 0 unspecified atom stereocenters. The third-order valence-corrected chi connectivity index (χ3v) is 4.02. The van der Waals surface area contributed by atoms with Gasteiger partial charge in [-0.2, -0.15) is 0 Å². The Morgan fingerprint density at radius 3 is 2.95 bits per heavy atom. The summed E-state index contributed by atoms with van der Waals surface area (Å²) in [6.45, 7) is 3.45. The molecule has 1 aliphatic carbocycles. The Bertz CT molecular complexity index is 482. The van der Waals surface area contributed by atoms with Crippen molar-refractivity contribution in [2.24, 2.45) is 0 Å². The van der Waals surface area contributed by atoms with Crippen LogP contribution in [0.15, 0.2) is 18.2 Å². The van der Waals surface area contributed by atoms with E-state index in [1.807, 2.05) is 12.1 Å². The van der Waals surface area contributed by atoms with Crippen LogP contribution in [0.5, 0.6) is 0 Å². The van der Waals surface area contributed by atoms with Gasteiger partial charge < -0.3 is 15.5 Å². The van der Waals surface area contributed by atoms with Crippen molar-refractivity contribution >= 4 is 5.91 Å². The molecule has 19 heavy (non-hydrogen) atoms. The molecule has 0 atom stereocenters. The summed E-state index contributed by atoms with van der Waals surface area (Å²) in [5.74, 6) is 0.0406. The summed E-state index contributed by atoms with van der Waals surface area (Å²) in [4.78, 5) is 14.4. The lowest BCUT2D eigenvalue weighted by molar-refractivity contribution is 0.0949. The topological polar surface area (TPSA) is 44.4 Å². The Balaban J connectivity index is 1.52. The number of nitrogens with one attached hydrogen (secondary N) is 2. The van der Waals surface area contributed by atoms with Crippen molar-refractivity contribution in [3.63, 3.8) is 0 Å². The number of hydrogen-bond acceptors (Lipinski definition) is 3. The number of carbonyl (C=O) groups is 1. The number of rotatable bonds is 5. The summed E-state index contributed by atoms with van der Waals surface area (Å²) in [6, 6.07) is 6.74. The molecule has 2 N–H and O–H groups in total. The molecule has 102 valence electrons. The molecule has 1 saturated carbocycles. The number of likely N-dealkylation sites (N-methyl/N-ethyl adjacent to an activating group) is 1. The molecule has 0 spiro atoms. The SMILES string of the molecule is CN(CCNC(=O)c1ccc2c(c1)CNC2)C1CC1. The second-order valence-corrected chi connectivity index (χ2v) is 5.55. The number of hydrogen-bond donors (Lipinski definition) is 2. The molecule has 0 bridgehead atoms. The van der Waals surface area contributed by atoms with Crippen LogP contribution in [-0.2, 0) is 13.1 Å². The van der Waals surface area contributed by atoms with Crippen LogP contribution in [0.4, 0.5) is 0 Å². The van der Waals surface area contributed by atoms with Crippen LogP contribution < -0.4 is 10.6 Å². The van der Waals surface area contributed by atoms with Crippen LogP contribution in [0.2, 0.25) is 0 Å². The summed E-state index contributed by atoms with van der Waals surface area (Å²) in [7, 11) is 2.13. The van der Waals surface area contributed by atoms with Crippen LogP contribution in [0.1, 0.15) is 34.3 Å². The zero-order chi connectivity index (χ0) is 13.2. The minimum atomic E-state index is 0.0406. The fourth-order valence-electron chi connectivity index (χ4n) is 2.58. The Morgan fingerprint density at radius 2 is 2.16 bits per heavy atom. The molecule has 2 aliphatic rings. The molecule has 1 amide bonds. The minimum absolute atomic E-state index is 0.0406. The van der Waals surface area contributed by atoms with Gasteiger partial charge in [-0.15, -0.1) is 0 Å². The maximum atomic E-state index is 12.1. The highest BCUT2D eigenvalue weighted by Crippen LogP contribution is 2.24. The van der Waals surface area contributed by atoms with Gasteiger partial charge in [0.15, 0.2) is 0 Å². The molecule has 1 heterocycles. The van der Waals surface area contributed by atoms with E-state index >= 15 is 0 Å². The minimum Gasteiger partial charge on any atom is -0.351 e. The predicted octanol–water partition coefficient (Wildman–Crippen LogP) is 1.11. The molecule has 0 saturated heterocycles. The van der Waals surface area contributed by atoms with Crippen LogP contribution in [0.25, 0.3) is 0 Å². The molecule has 0 aromatic heterocycles. The summed E-state index contributed by atoms with van der Waals surface area (Å²) in [5.41, 5.74) is 3.34. The van der Waals surface area contributed by atoms with Gasteiger partial charge in [-0.05, 0) is 43.1 Å². The van der Waals surface area contributed by atoms with E-state index in [2.05, 4.69) is 28.6 Å². The second-order valence-electron chi connectivity index (χ2n) is 5.55. The molecule has 1 fully saturated rings. The lowest BCUT2D eigenvalue weighted by Crippen LogP contribution is -2.34. The molecule has 4 nitrogen and oxygen atoms in total. The van der Waals surface area contributed by atoms with E-state index in [1.165, 1.54) is 24.0 Å². The largest absolute Gasteiger partial charge is 0.351 e. The Labute approximate surface area is 114 Å².